The zero-order chi connectivity index (χ0) is 76.5. The summed E-state index contributed by atoms with van der Waals surface area (Å²) in [5, 5.41) is 18.2. The second-order valence-electron chi connectivity index (χ2n) is 23.8. The van der Waals surface area contributed by atoms with Crippen LogP contribution in [-0.4, -0.2) is 84.9 Å². The number of pyridine rings is 10. The van der Waals surface area contributed by atoms with Gasteiger partial charge < -0.3 is 29.7 Å². The van der Waals surface area contributed by atoms with Gasteiger partial charge in [-0.2, -0.15) is 0 Å². The summed E-state index contributed by atoms with van der Waals surface area (Å²) < 4.78 is 9.75. The third kappa shape index (κ3) is 24.5. The van der Waals surface area contributed by atoms with Gasteiger partial charge in [-0.25, -0.2) is 29.5 Å². The van der Waals surface area contributed by atoms with Gasteiger partial charge in [0.1, 0.15) is 22.9 Å². The molecule has 0 saturated heterocycles. The Morgan fingerprint density at radius 2 is 0.580 bits per heavy atom. The molecule has 16 rings (SSSR count). The van der Waals surface area contributed by atoms with Crippen LogP contribution in [0.25, 0.3) is 113 Å². The van der Waals surface area contributed by atoms with Gasteiger partial charge in [-0.15, -0.1) is 71.8 Å². The van der Waals surface area contributed by atoms with E-state index in [2.05, 4.69) is 52.0 Å². The largest absolute Gasteiger partial charge is 0.477 e. The maximum atomic E-state index is 11.1. The molecule has 0 unspecified atom stereocenters. The SMILES string of the molecule is Cc1ccc(-c2cc(-c3ccc(OC=O)cc3)cc(-c3ccc(C(=O)O)nc3)n2)cc1.Cc1ccc(-c2cc(-c3ccc(OC=O)cc3)cc(-c3ccc(C(=O)O)nc3)n2)cc1.[Ir].[Ru].[c-]1ccccc1-c1ccccn1.[c-]1ccccc1-c1ccccn1.c1ccc(-c2ccccn2)nc1.c1ccc(-c2ccccn2)nc1. The van der Waals surface area contributed by atoms with E-state index in [0.717, 1.165) is 101 Å². The summed E-state index contributed by atoms with van der Waals surface area (Å²) in [6.45, 7) is 4.83. The number of aryl methyl sites for hydroxylation is 2. The van der Waals surface area contributed by atoms with Crippen molar-refractivity contribution in [3.05, 3.63) is 388 Å². The van der Waals surface area contributed by atoms with Gasteiger partial charge in [0.15, 0.2) is 0 Å². The van der Waals surface area contributed by atoms with Gasteiger partial charge >= 0.3 is 11.9 Å². The molecule has 18 nitrogen and oxygen atoms in total. The van der Waals surface area contributed by atoms with E-state index in [-0.39, 0.29) is 51.0 Å². The fourth-order valence-electron chi connectivity index (χ4n) is 10.5. The zero-order valence-corrected chi connectivity index (χ0v) is 64.3. The van der Waals surface area contributed by atoms with E-state index in [0.29, 0.717) is 47.0 Å². The number of aromatic nitrogens is 10. The first-order chi connectivity index (χ1) is 53.9. The van der Waals surface area contributed by atoms with Gasteiger partial charge in [-0.3, -0.25) is 29.5 Å². The molecule has 10 heterocycles. The molecule has 0 aliphatic rings. The summed E-state index contributed by atoms with van der Waals surface area (Å²) in [6, 6.07) is 101. The Morgan fingerprint density at radius 3 is 0.830 bits per heavy atom. The average molecular weight is 1730 g/mol. The molecule has 0 amide bonds. The first-order valence-electron chi connectivity index (χ1n) is 34.3. The van der Waals surface area contributed by atoms with Crippen LogP contribution in [0, 0.1) is 26.0 Å². The molecule has 0 spiro atoms. The van der Waals surface area contributed by atoms with Crippen molar-refractivity contribution in [2.75, 3.05) is 0 Å². The number of carboxylic acids is 2. The average Bonchev–Trinajstić information content (AvgIpc) is 0.802. The van der Waals surface area contributed by atoms with Crippen molar-refractivity contribution in [3.8, 4) is 124 Å². The first-order valence-corrected chi connectivity index (χ1v) is 34.3. The smallest absolute Gasteiger partial charge is 0.354 e. The van der Waals surface area contributed by atoms with Crippen molar-refractivity contribution in [1.29, 1.82) is 0 Å². The Balaban J connectivity index is 0.000000163. The van der Waals surface area contributed by atoms with Crippen molar-refractivity contribution < 1.29 is 78.4 Å². The Labute approximate surface area is 674 Å². The van der Waals surface area contributed by atoms with Gasteiger partial charge in [-0.05, 0) is 181 Å². The van der Waals surface area contributed by atoms with Gasteiger partial charge in [-0.1, -0.05) is 132 Å². The summed E-state index contributed by atoms with van der Waals surface area (Å²) >= 11 is 0. The third-order valence-corrected chi connectivity index (χ3v) is 16.1. The fraction of sp³-hybridized carbons (Fsp3) is 0.0217. The van der Waals surface area contributed by atoms with Crippen molar-refractivity contribution in [3.63, 3.8) is 0 Å². The number of nitrogens with zero attached hydrogens (tertiary/aromatic N) is 10. The molecule has 6 aromatic carbocycles. The topological polar surface area (TPSA) is 256 Å². The maximum Gasteiger partial charge on any atom is 0.354 e. The fourth-order valence-corrected chi connectivity index (χ4v) is 10.5. The predicted molar refractivity (Wildman–Crippen MR) is 425 cm³/mol. The number of carboxylic acid groups (broad SMARTS) is 2. The summed E-state index contributed by atoms with van der Waals surface area (Å²) in [5.74, 6) is -1.24. The van der Waals surface area contributed by atoms with E-state index >= 15 is 0 Å². The van der Waals surface area contributed by atoms with E-state index in [1.807, 2.05) is 269 Å². The van der Waals surface area contributed by atoms with Crippen LogP contribution in [0.1, 0.15) is 32.1 Å². The first kappa shape index (κ1) is 82.0. The van der Waals surface area contributed by atoms with E-state index < -0.39 is 11.9 Å². The minimum Gasteiger partial charge on any atom is -0.477 e. The molecule has 2 N–H and O–H groups in total. The molecule has 20 heteroatoms. The number of carbonyl (C=O) groups excluding carboxylic acids is 2. The quantitative estimate of drug-likeness (QED) is 0.0518. The third-order valence-electron chi connectivity index (χ3n) is 16.1. The Hall–Kier alpha value is -14.0. The summed E-state index contributed by atoms with van der Waals surface area (Å²) in [7, 11) is 0. The van der Waals surface area contributed by atoms with Crippen LogP contribution in [0.15, 0.2) is 353 Å². The normalized spacial score (nSPS) is 9.95. The molecule has 0 aliphatic heterocycles. The molecular weight excluding hydrogens is 1670 g/mol. The van der Waals surface area contributed by atoms with Crippen LogP contribution >= 0.6 is 0 Å². The minimum absolute atomic E-state index is 0. The molecule has 0 atom stereocenters. The Kier molecular flexibility index (Phi) is 31.6. The van der Waals surface area contributed by atoms with E-state index in [4.69, 9.17) is 29.7 Å². The number of carbonyl (C=O) groups is 4. The summed E-state index contributed by atoms with van der Waals surface area (Å²) in [6.07, 6.45) is 13.7. The Bertz CT molecular complexity index is 4890. The van der Waals surface area contributed by atoms with Crippen LogP contribution in [-0.2, 0) is 49.2 Å². The number of aromatic carboxylic acids is 2. The number of hydrogen-bond donors (Lipinski definition) is 2. The maximum absolute atomic E-state index is 11.1. The number of rotatable bonds is 16. The molecule has 10 aromatic heterocycles. The van der Waals surface area contributed by atoms with E-state index in [1.165, 1.54) is 24.5 Å². The van der Waals surface area contributed by atoms with Crippen molar-refractivity contribution in [1.82, 2.24) is 49.8 Å². The molecule has 553 valence electrons. The van der Waals surface area contributed by atoms with Gasteiger partial charge in [0.2, 0.25) is 0 Å². The minimum atomic E-state index is -1.08. The van der Waals surface area contributed by atoms with E-state index in [1.54, 1.807) is 73.6 Å². The van der Waals surface area contributed by atoms with Gasteiger partial charge in [0.05, 0.1) is 45.6 Å². The zero-order valence-electron chi connectivity index (χ0n) is 60.1. The summed E-state index contributed by atoms with van der Waals surface area (Å²) in [5.41, 5.74) is 19.9. The summed E-state index contributed by atoms with van der Waals surface area (Å²) in [4.78, 5) is 86.1. The molecule has 16 aromatic rings. The molecule has 112 heavy (non-hydrogen) atoms. The monoisotopic (exact) mass is 1740 g/mol. The van der Waals surface area contributed by atoms with Crippen LogP contribution in [0.5, 0.6) is 11.5 Å². The number of ether oxygens (including phenoxy) is 2. The second kappa shape index (κ2) is 43.1. The molecule has 0 saturated carbocycles. The van der Waals surface area contributed by atoms with Crippen LogP contribution < -0.4 is 9.47 Å². The van der Waals surface area contributed by atoms with Gasteiger partial charge in [0.25, 0.3) is 12.9 Å². The molecular formula is C92H68IrN10O8Ru-2. The molecule has 1 radical (unpaired) electrons. The van der Waals surface area contributed by atoms with E-state index in [9.17, 15) is 19.2 Å². The van der Waals surface area contributed by atoms with Crippen LogP contribution in [0.4, 0.5) is 0 Å². The van der Waals surface area contributed by atoms with Crippen molar-refractivity contribution >= 4 is 24.9 Å². The van der Waals surface area contributed by atoms with Crippen molar-refractivity contribution in [2.45, 2.75) is 13.8 Å². The van der Waals surface area contributed by atoms with Crippen LogP contribution in [0.3, 0.4) is 0 Å². The molecule has 0 aliphatic carbocycles. The predicted octanol–water partition coefficient (Wildman–Crippen LogP) is 19.4. The van der Waals surface area contributed by atoms with Crippen molar-refractivity contribution in [2.24, 2.45) is 0 Å². The van der Waals surface area contributed by atoms with Crippen LogP contribution in [0.2, 0.25) is 0 Å². The number of hydrogen-bond acceptors (Lipinski definition) is 16. The second-order valence-corrected chi connectivity index (χ2v) is 23.8. The molecule has 0 fully saturated rings. The van der Waals surface area contributed by atoms with Gasteiger partial charge in [0, 0.05) is 111 Å². The number of benzene rings is 6. The standard InChI is InChI=1S/2C25H18N2O4.2C11H8N.2C10H8N2.Ir.Ru/c2*1-16-2-4-18(5-3-16)23-12-20(17-6-9-21(10-7-17)31-15-28)13-24(27-23)19-8-11-22(25(29)30)26-14-19;2*1-2-6-10(7-3-1)11-8-4-5-9-12-11;2*1-3-7-11-9(5-1)10-6-2-4-8-12-10;;/h2*2-15H,1H3,(H,29,30);2*1-6,8-9H;2*1-8H;;/q;;2*-1;;;;. The molecule has 0 bridgehead atoms. The Morgan fingerprint density at radius 1 is 0.304 bits per heavy atom.